The van der Waals surface area contributed by atoms with Gasteiger partial charge in [0.2, 0.25) is 0 Å². The number of nitrogens with one attached hydrogen (secondary N) is 1. The first-order valence-electron chi connectivity index (χ1n) is 7.45. The fraction of sp³-hybridized carbons (Fsp3) is 1.00. The summed E-state index contributed by atoms with van der Waals surface area (Å²) < 4.78 is 0. The van der Waals surface area contributed by atoms with Crippen molar-refractivity contribution in [2.45, 2.75) is 83.9 Å². The maximum absolute atomic E-state index is 9.29. The lowest BCUT2D eigenvalue weighted by molar-refractivity contribution is 0.0502. The minimum absolute atomic E-state index is 0.0251. The van der Waals surface area contributed by atoms with Crippen molar-refractivity contribution in [3.05, 3.63) is 0 Å². The molecular formula is C15H29NO. The van der Waals surface area contributed by atoms with Crippen LogP contribution in [0.4, 0.5) is 0 Å². The second-order valence-corrected chi connectivity index (χ2v) is 6.88. The van der Waals surface area contributed by atoms with Gasteiger partial charge in [0.05, 0.1) is 6.10 Å². The number of hydrogen-bond donors (Lipinski definition) is 2. The third-order valence-electron chi connectivity index (χ3n) is 5.33. The average Bonchev–Trinajstić information content (AvgIpc) is 2.28. The van der Waals surface area contributed by atoms with E-state index in [1.165, 1.54) is 32.1 Å². The van der Waals surface area contributed by atoms with Crippen LogP contribution in [0.5, 0.6) is 0 Å². The van der Waals surface area contributed by atoms with Crippen LogP contribution in [-0.4, -0.2) is 23.3 Å². The maximum Gasteiger partial charge on any atom is 0.0570 e. The summed E-state index contributed by atoms with van der Waals surface area (Å²) in [4.78, 5) is 0. The lowest BCUT2D eigenvalue weighted by Crippen LogP contribution is -2.49. The fourth-order valence-corrected chi connectivity index (χ4v) is 3.39. The average molecular weight is 239 g/mol. The highest BCUT2D eigenvalue weighted by Crippen LogP contribution is 2.40. The molecule has 2 aliphatic carbocycles. The maximum atomic E-state index is 9.29. The predicted octanol–water partition coefficient (Wildman–Crippen LogP) is 3.09. The summed E-state index contributed by atoms with van der Waals surface area (Å²) >= 11 is 0. The van der Waals surface area contributed by atoms with Gasteiger partial charge in [0.15, 0.2) is 0 Å². The Morgan fingerprint density at radius 3 is 2.12 bits per heavy atom. The minimum Gasteiger partial charge on any atom is -0.393 e. The van der Waals surface area contributed by atoms with Crippen molar-refractivity contribution < 1.29 is 5.11 Å². The van der Waals surface area contributed by atoms with E-state index in [-0.39, 0.29) is 6.10 Å². The predicted molar refractivity (Wildman–Crippen MR) is 72.0 cm³/mol. The van der Waals surface area contributed by atoms with Crippen LogP contribution in [0.2, 0.25) is 0 Å². The molecule has 0 amide bonds. The third-order valence-corrected chi connectivity index (χ3v) is 5.33. The van der Waals surface area contributed by atoms with Crippen LogP contribution in [0.25, 0.3) is 0 Å². The van der Waals surface area contributed by atoms with E-state index in [2.05, 4.69) is 26.1 Å². The van der Waals surface area contributed by atoms with Crippen LogP contribution >= 0.6 is 0 Å². The largest absolute Gasteiger partial charge is 0.393 e. The Morgan fingerprint density at radius 1 is 1.06 bits per heavy atom. The molecule has 0 aliphatic heterocycles. The van der Waals surface area contributed by atoms with Gasteiger partial charge in [0, 0.05) is 12.1 Å². The molecule has 0 radical (unpaired) electrons. The molecule has 0 aromatic rings. The number of rotatable bonds is 4. The van der Waals surface area contributed by atoms with E-state index in [9.17, 15) is 5.11 Å². The second kappa shape index (κ2) is 5.27. The molecule has 2 heteroatoms. The zero-order valence-electron chi connectivity index (χ0n) is 11.7. The van der Waals surface area contributed by atoms with Crippen LogP contribution in [0.1, 0.15) is 65.7 Å². The highest BCUT2D eigenvalue weighted by atomic mass is 16.3. The van der Waals surface area contributed by atoms with E-state index in [0.717, 1.165) is 24.8 Å². The van der Waals surface area contributed by atoms with Crippen LogP contribution in [0.3, 0.4) is 0 Å². The summed E-state index contributed by atoms with van der Waals surface area (Å²) in [6.07, 6.45) is 8.65. The molecule has 0 aromatic carbocycles. The molecule has 0 atom stereocenters. The molecule has 2 fully saturated rings. The molecule has 17 heavy (non-hydrogen) atoms. The zero-order chi connectivity index (χ0) is 12.5. The summed E-state index contributed by atoms with van der Waals surface area (Å²) in [5.74, 6) is 0.914. The van der Waals surface area contributed by atoms with Crippen molar-refractivity contribution in [2.75, 3.05) is 0 Å². The molecular weight excluding hydrogens is 210 g/mol. The Labute approximate surface area is 106 Å². The normalized spacial score (nSPS) is 38.8. The Kier molecular flexibility index (Phi) is 4.14. The molecule has 2 saturated carbocycles. The van der Waals surface area contributed by atoms with E-state index in [0.29, 0.717) is 11.5 Å². The summed E-state index contributed by atoms with van der Waals surface area (Å²) in [5.41, 5.74) is 0.525. The SMILES string of the molecule is CCC(C)(C)C1CCC(NC2CC(O)C2)CC1. The summed E-state index contributed by atoms with van der Waals surface area (Å²) in [6, 6.07) is 1.32. The number of hydrogen-bond acceptors (Lipinski definition) is 2. The van der Waals surface area contributed by atoms with E-state index < -0.39 is 0 Å². The molecule has 0 aromatic heterocycles. The van der Waals surface area contributed by atoms with Gasteiger partial charge in [-0.25, -0.2) is 0 Å². The standard InChI is InChI=1S/C15H29NO/c1-4-15(2,3)11-5-7-12(8-6-11)16-13-9-14(17)10-13/h11-14,16-17H,4-10H2,1-3H3. The second-order valence-electron chi connectivity index (χ2n) is 6.88. The molecule has 2 N–H and O–H groups in total. The van der Waals surface area contributed by atoms with Gasteiger partial charge >= 0.3 is 0 Å². The molecule has 2 rings (SSSR count). The highest BCUT2D eigenvalue weighted by molar-refractivity contribution is 4.90. The molecule has 2 aliphatic rings. The Hall–Kier alpha value is -0.0800. The molecule has 0 bridgehead atoms. The first-order valence-corrected chi connectivity index (χ1v) is 7.45. The lowest BCUT2D eigenvalue weighted by atomic mass is 9.68. The van der Waals surface area contributed by atoms with Crippen molar-refractivity contribution in [1.82, 2.24) is 5.32 Å². The topological polar surface area (TPSA) is 32.3 Å². The molecule has 2 nitrogen and oxygen atoms in total. The molecule has 100 valence electrons. The van der Waals surface area contributed by atoms with Gasteiger partial charge in [0.1, 0.15) is 0 Å². The molecule has 0 unspecified atom stereocenters. The van der Waals surface area contributed by atoms with Crippen molar-refractivity contribution in [3.8, 4) is 0 Å². The lowest BCUT2D eigenvalue weighted by Gasteiger charge is -2.42. The van der Waals surface area contributed by atoms with Gasteiger partial charge in [0.25, 0.3) is 0 Å². The quantitative estimate of drug-likeness (QED) is 0.790. The van der Waals surface area contributed by atoms with Crippen molar-refractivity contribution in [3.63, 3.8) is 0 Å². The van der Waals surface area contributed by atoms with Gasteiger partial charge in [-0.2, -0.15) is 0 Å². The van der Waals surface area contributed by atoms with E-state index >= 15 is 0 Å². The van der Waals surface area contributed by atoms with Gasteiger partial charge in [-0.3, -0.25) is 0 Å². The monoisotopic (exact) mass is 239 g/mol. The number of aliphatic hydroxyl groups excluding tert-OH is 1. The first-order chi connectivity index (χ1) is 8.01. The van der Waals surface area contributed by atoms with Gasteiger partial charge < -0.3 is 10.4 Å². The van der Waals surface area contributed by atoms with Crippen molar-refractivity contribution in [2.24, 2.45) is 11.3 Å². The zero-order valence-corrected chi connectivity index (χ0v) is 11.7. The molecule has 0 heterocycles. The smallest absolute Gasteiger partial charge is 0.0570 e. The van der Waals surface area contributed by atoms with Crippen LogP contribution in [0, 0.1) is 11.3 Å². The summed E-state index contributed by atoms with van der Waals surface area (Å²) in [5, 5.41) is 13.0. The van der Waals surface area contributed by atoms with Gasteiger partial charge in [-0.1, -0.05) is 27.2 Å². The Balaban J connectivity index is 1.71. The summed E-state index contributed by atoms with van der Waals surface area (Å²) in [6.45, 7) is 7.17. The van der Waals surface area contributed by atoms with Crippen molar-refractivity contribution >= 4 is 0 Å². The Bertz CT molecular complexity index is 237. The minimum atomic E-state index is -0.0251. The highest BCUT2D eigenvalue weighted by Gasteiger charge is 2.34. The number of aliphatic hydroxyl groups is 1. The van der Waals surface area contributed by atoms with Crippen molar-refractivity contribution in [1.29, 1.82) is 0 Å². The fourth-order valence-electron chi connectivity index (χ4n) is 3.39. The molecule has 0 spiro atoms. The molecule has 0 saturated heterocycles. The van der Waals surface area contributed by atoms with E-state index in [1.807, 2.05) is 0 Å². The van der Waals surface area contributed by atoms with Gasteiger partial charge in [-0.15, -0.1) is 0 Å². The third kappa shape index (κ3) is 3.23. The van der Waals surface area contributed by atoms with E-state index in [4.69, 9.17) is 0 Å². The van der Waals surface area contributed by atoms with Crippen LogP contribution in [0.15, 0.2) is 0 Å². The first kappa shape index (κ1) is 13.4. The van der Waals surface area contributed by atoms with E-state index in [1.54, 1.807) is 0 Å². The Morgan fingerprint density at radius 2 is 1.65 bits per heavy atom. The van der Waals surface area contributed by atoms with Crippen LogP contribution in [-0.2, 0) is 0 Å². The van der Waals surface area contributed by atoms with Crippen LogP contribution < -0.4 is 5.32 Å². The summed E-state index contributed by atoms with van der Waals surface area (Å²) in [7, 11) is 0. The van der Waals surface area contributed by atoms with Gasteiger partial charge in [-0.05, 0) is 49.9 Å².